The van der Waals surface area contributed by atoms with Crippen LogP contribution in [0.3, 0.4) is 0 Å². The Kier molecular flexibility index (Phi) is 5.29. The molecule has 0 N–H and O–H groups in total. The van der Waals surface area contributed by atoms with Crippen LogP contribution in [0.5, 0.6) is 0 Å². The third-order valence-electron chi connectivity index (χ3n) is 1.82. The van der Waals surface area contributed by atoms with Crippen LogP contribution >= 0.6 is 7.81 Å². The van der Waals surface area contributed by atoms with E-state index in [1.165, 1.54) is 12.5 Å². The zero-order valence-corrected chi connectivity index (χ0v) is 14.3. The Labute approximate surface area is 125 Å². The molecule has 1 rings (SSSR count). The first kappa shape index (κ1) is 21.3. The predicted molar refractivity (Wildman–Crippen MR) is 76.7 cm³/mol. The van der Waals surface area contributed by atoms with Crippen LogP contribution in [0.2, 0.25) is 0 Å². The van der Waals surface area contributed by atoms with Crippen molar-refractivity contribution in [2.75, 3.05) is 17.6 Å². The molecule has 1 aromatic carbocycles. The fraction of sp³-hybridized carbons (Fsp3) is 0.400. The zero-order chi connectivity index (χ0) is 18.1. The number of sulfone groups is 1. The van der Waals surface area contributed by atoms with Crippen molar-refractivity contribution >= 4 is 27.6 Å². The van der Waals surface area contributed by atoms with E-state index in [1.54, 1.807) is 24.3 Å². The quantitative estimate of drug-likeness (QED) is 0.419. The molecule has 0 aliphatic rings. The van der Waals surface area contributed by atoms with Crippen LogP contribution in [0.25, 0.3) is 0 Å². The van der Waals surface area contributed by atoms with Crippen molar-refractivity contribution in [2.24, 2.45) is 0 Å². The fourth-order valence-corrected chi connectivity index (χ4v) is 5.27. The number of hydrogen-bond acceptors (Lipinski definition) is 3. The summed E-state index contributed by atoms with van der Waals surface area (Å²) in [6, 6.07) is 6.58. The molecule has 0 heterocycles. The molecule has 0 bridgehead atoms. The van der Waals surface area contributed by atoms with E-state index < -0.39 is 27.6 Å². The van der Waals surface area contributed by atoms with Crippen molar-refractivity contribution in [3.63, 3.8) is 0 Å². The Morgan fingerprint density at radius 1 is 0.955 bits per heavy atom. The molecule has 1 aromatic rings. The molecule has 0 unspecified atom stereocenters. The van der Waals surface area contributed by atoms with Crippen LogP contribution in [0.1, 0.15) is 5.56 Å². The van der Waals surface area contributed by atoms with Gasteiger partial charge in [0, 0.05) is 0 Å². The van der Waals surface area contributed by atoms with E-state index >= 15 is 0 Å². The third-order valence-corrected chi connectivity index (χ3v) is 6.32. The number of halogens is 6. The molecule has 0 saturated heterocycles. The van der Waals surface area contributed by atoms with Crippen LogP contribution in [-0.2, 0) is 24.0 Å². The molecule has 0 aliphatic carbocycles. The van der Waals surface area contributed by atoms with Gasteiger partial charge >= 0.3 is 33.0 Å². The number of hydrogen-bond donors (Lipinski definition) is 0. The summed E-state index contributed by atoms with van der Waals surface area (Å²) < 4.78 is 94.2. The van der Waals surface area contributed by atoms with Crippen LogP contribution in [0.4, 0.5) is 25.2 Å². The molecule has 3 nitrogen and oxygen atoms in total. The van der Waals surface area contributed by atoms with Crippen molar-refractivity contribution < 1.29 is 37.8 Å². The van der Waals surface area contributed by atoms with Gasteiger partial charge in [0.1, 0.15) is 12.5 Å². The second-order valence-electron chi connectivity index (χ2n) is 4.94. The van der Waals surface area contributed by atoms with E-state index in [1.807, 2.05) is 6.92 Å². The summed E-state index contributed by atoms with van der Waals surface area (Å²) in [7, 11) is -16.3. The van der Waals surface area contributed by atoms with Gasteiger partial charge in [-0.2, -0.15) is 0 Å². The van der Waals surface area contributed by atoms with Crippen molar-refractivity contribution in [1.29, 1.82) is 0 Å². The number of rotatable bonds is 3. The van der Waals surface area contributed by atoms with Gasteiger partial charge in [0.2, 0.25) is 14.9 Å². The molecular weight excluding hydrogens is 377 g/mol. The van der Waals surface area contributed by atoms with E-state index in [-0.39, 0.29) is 9.98 Å². The number of aryl methyl sites for hydroxylation is 1. The van der Waals surface area contributed by atoms with Crippen LogP contribution in [0.15, 0.2) is 29.2 Å². The van der Waals surface area contributed by atoms with Crippen LogP contribution in [-0.4, -0.2) is 26.0 Å². The monoisotopic (exact) mass is 392 g/mol. The summed E-state index contributed by atoms with van der Waals surface area (Å²) in [6.45, 7) is 1.89. The molecule has 132 valence electrons. The van der Waals surface area contributed by atoms with Crippen LogP contribution < -0.4 is 0 Å². The Hall–Kier alpha value is -0.670. The second kappa shape index (κ2) is 5.45. The van der Waals surface area contributed by atoms with E-state index in [2.05, 4.69) is 0 Å². The first-order valence-electron chi connectivity index (χ1n) is 5.43. The average molecular weight is 392 g/mol. The van der Waals surface area contributed by atoms with E-state index in [9.17, 15) is 37.8 Å². The Morgan fingerprint density at radius 2 is 1.27 bits per heavy atom. The maximum absolute atomic E-state index is 11.8. The summed E-state index contributed by atoms with van der Waals surface area (Å²) in [5, 5.41) is -0.289. The Balaban J connectivity index is 0.000000534. The first-order chi connectivity index (χ1) is 9.16. The van der Waals surface area contributed by atoms with Gasteiger partial charge in [-0.05, 0) is 19.1 Å². The summed E-state index contributed by atoms with van der Waals surface area (Å²) in [6.07, 6.45) is 2.91. The predicted octanol–water partition coefficient (Wildman–Crippen LogP) is 4.87. The molecule has 0 atom stereocenters. The second-order valence-corrected chi connectivity index (χ2v) is 12.4. The molecule has 0 amide bonds. The Morgan fingerprint density at radius 3 is 1.55 bits per heavy atom. The van der Waals surface area contributed by atoms with E-state index in [0.29, 0.717) is 0 Å². The summed E-state index contributed by atoms with van der Waals surface area (Å²) in [4.78, 5) is 0.240. The van der Waals surface area contributed by atoms with Gasteiger partial charge in [0.25, 0.3) is 0 Å². The maximum atomic E-state index is 11.8. The SMILES string of the molecule is Cc1ccc(S(=O)(=O)C[S+](C)(C)=O)cc1.F[P-](F)(F)(F)(F)F. The molecule has 0 saturated carbocycles. The standard InChI is InChI=1S/C10H15O3S2.F6P/c1-9-4-6-10(7-5-9)15(12,13)8-14(2,3)11;1-7(2,3,4,5)6/h4-7H,8H2,1-3H3;/q+1;-1. The van der Waals surface area contributed by atoms with Gasteiger partial charge in [-0.3, -0.25) is 0 Å². The average Bonchev–Trinajstić information content (AvgIpc) is 2.08. The van der Waals surface area contributed by atoms with E-state index in [0.717, 1.165) is 5.56 Å². The van der Waals surface area contributed by atoms with Crippen molar-refractivity contribution in [3.8, 4) is 0 Å². The summed E-state index contributed by atoms with van der Waals surface area (Å²) in [5.41, 5.74) is 1.00. The molecular formula is C10H15F6O3PS2. The topological polar surface area (TPSA) is 51.2 Å². The van der Waals surface area contributed by atoms with Gasteiger partial charge in [0.05, 0.1) is 14.8 Å². The van der Waals surface area contributed by atoms with Gasteiger partial charge in [-0.1, -0.05) is 17.7 Å². The molecule has 12 heteroatoms. The van der Waals surface area contributed by atoms with Gasteiger partial charge in [0.15, 0.2) is 0 Å². The van der Waals surface area contributed by atoms with Gasteiger partial charge in [-0.25, -0.2) is 8.42 Å². The fourth-order valence-electron chi connectivity index (χ4n) is 1.19. The van der Waals surface area contributed by atoms with Gasteiger partial charge in [-0.15, -0.1) is 4.21 Å². The van der Waals surface area contributed by atoms with Crippen molar-refractivity contribution in [1.82, 2.24) is 0 Å². The van der Waals surface area contributed by atoms with Crippen molar-refractivity contribution in [3.05, 3.63) is 29.8 Å². The van der Waals surface area contributed by atoms with Crippen molar-refractivity contribution in [2.45, 2.75) is 11.8 Å². The summed E-state index contributed by atoms with van der Waals surface area (Å²) in [5.74, 6) is 0. The molecule has 0 aliphatic heterocycles. The van der Waals surface area contributed by atoms with Crippen LogP contribution in [0, 0.1) is 6.92 Å². The zero-order valence-electron chi connectivity index (χ0n) is 11.8. The molecule has 0 spiro atoms. The minimum absolute atomic E-state index is 0.240. The molecule has 0 aromatic heterocycles. The first-order valence-corrected chi connectivity index (χ1v) is 11.7. The third kappa shape index (κ3) is 14.3. The van der Waals surface area contributed by atoms with E-state index in [4.69, 9.17) is 0 Å². The summed E-state index contributed by atoms with van der Waals surface area (Å²) >= 11 is 0. The molecule has 22 heavy (non-hydrogen) atoms. The minimum atomic E-state index is -10.7. The normalized spacial score (nSPS) is 16.0. The molecule has 0 radical (unpaired) electrons. The number of benzene rings is 1. The van der Waals surface area contributed by atoms with Gasteiger partial charge < -0.3 is 0 Å². The Bertz CT molecular complexity index is 662. The molecule has 0 fully saturated rings.